The average Bonchev–Trinajstić information content (AvgIpc) is 2.71. The molecular formula is C24H26NP. The van der Waals surface area contributed by atoms with E-state index in [9.17, 15) is 0 Å². The van der Waals surface area contributed by atoms with Crippen molar-refractivity contribution in [3.05, 3.63) is 102 Å². The van der Waals surface area contributed by atoms with Gasteiger partial charge in [-0.05, 0) is 28.8 Å². The highest BCUT2D eigenvalue weighted by Gasteiger charge is 2.43. The normalized spacial score (nSPS) is 28.6. The van der Waals surface area contributed by atoms with Crippen LogP contribution < -0.4 is 11.0 Å². The summed E-state index contributed by atoms with van der Waals surface area (Å²) in [5.74, 6) is 0.476. The zero-order chi connectivity index (χ0) is 17.9. The maximum Gasteiger partial charge on any atom is 0.0128 e. The van der Waals surface area contributed by atoms with E-state index in [0.717, 1.165) is 6.42 Å². The van der Waals surface area contributed by atoms with Crippen LogP contribution in [0, 0.1) is 5.92 Å². The molecule has 1 saturated heterocycles. The summed E-state index contributed by atoms with van der Waals surface area (Å²) in [4.78, 5) is 0. The van der Waals surface area contributed by atoms with Crippen molar-refractivity contribution in [3.8, 4) is 0 Å². The first-order valence-electron chi connectivity index (χ1n) is 9.44. The van der Waals surface area contributed by atoms with Gasteiger partial charge in [0, 0.05) is 17.4 Å². The number of rotatable bonds is 3. The lowest BCUT2D eigenvalue weighted by Gasteiger charge is -2.46. The van der Waals surface area contributed by atoms with Crippen LogP contribution >= 0.6 is 7.92 Å². The van der Waals surface area contributed by atoms with Crippen LogP contribution in [0.5, 0.6) is 0 Å². The second-order valence-corrected chi connectivity index (χ2v) is 9.79. The molecule has 0 aromatic heterocycles. The van der Waals surface area contributed by atoms with Crippen molar-refractivity contribution >= 4 is 13.2 Å². The van der Waals surface area contributed by atoms with Crippen molar-refractivity contribution in [3.63, 3.8) is 0 Å². The first kappa shape index (κ1) is 17.5. The Morgan fingerprint density at radius 2 is 1.23 bits per heavy atom. The van der Waals surface area contributed by atoms with E-state index in [4.69, 9.17) is 5.73 Å². The van der Waals surface area contributed by atoms with Crippen LogP contribution in [-0.4, -0.2) is 6.04 Å². The molecule has 2 N–H and O–H groups in total. The summed E-state index contributed by atoms with van der Waals surface area (Å²) in [6.45, 7) is 2.35. The molecule has 0 radical (unpaired) electrons. The van der Waals surface area contributed by atoms with Crippen LogP contribution in [0.1, 0.15) is 35.8 Å². The fourth-order valence-corrected chi connectivity index (χ4v) is 8.06. The van der Waals surface area contributed by atoms with Crippen LogP contribution in [0.4, 0.5) is 0 Å². The fraction of sp³-hybridized carbons (Fsp3) is 0.250. The quantitative estimate of drug-likeness (QED) is 0.601. The standard InChI is InChI=1S/C24H26NP/c1-18-22(25)17-23(19-11-5-2-6-12-19)26(21-15-9-4-10-16-21)24(18)20-13-7-3-8-14-20/h2-16,18,22-24H,17,25H2,1H3/t18-,22?,23-,24+,26?/m1/s1. The Labute approximate surface area is 158 Å². The van der Waals surface area contributed by atoms with Crippen molar-refractivity contribution < 1.29 is 0 Å². The number of nitrogens with two attached hydrogens (primary N) is 1. The minimum absolute atomic E-state index is 0.230. The molecule has 0 amide bonds. The third-order valence-corrected chi connectivity index (χ3v) is 9.13. The first-order valence-corrected chi connectivity index (χ1v) is 10.9. The molecule has 0 spiro atoms. The van der Waals surface area contributed by atoms with E-state index in [1.54, 1.807) is 0 Å². The summed E-state index contributed by atoms with van der Waals surface area (Å²) >= 11 is 0. The van der Waals surface area contributed by atoms with Gasteiger partial charge < -0.3 is 5.73 Å². The second kappa shape index (κ2) is 7.74. The van der Waals surface area contributed by atoms with Gasteiger partial charge in [-0.1, -0.05) is 106 Å². The molecule has 1 aliphatic heterocycles. The summed E-state index contributed by atoms with van der Waals surface area (Å²) in [6, 6.07) is 33.4. The lowest BCUT2D eigenvalue weighted by molar-refractivity contribution is 0.393. The number of hydrogen-bond donors (Lipinski definition) is 1. The van der Waals surface area contributed by atoms with Crippen LogP contribution in [-0.2, 0) is 0 Å². The van der Waals surface area contributed by atoms with Gasteiger partial charge in [-0.15, -0.1) is 0 Å². The second-order valence-electron chi connectivity index (χ2n) is 7.28. The van der Waals surface area contributed by atoms with Gasteiger partial charge in [0.15, 0.2) is 0 Å². The van der Waals surface area contributed by atoms with Crippen molar-refractivity contribution in [2.75, 3.05) is 0 Å². The maximum atomic E-state index is 6.68. The molecule has 1 heterocycles. The molecular weight excluding hydrogens is 333 g/mol. The molecule has 1 aliphatic rings. The van der Waals surface area contributed by atoms with Crippen LogP contribution in [0.3, 0.4) is 0 Å². The first-order chi connectivity index (χ1) is 12.8. The largest absolute Gasteiger partial charge is 0.327 e. The van der Waals surface area contributed by atoms with Gasteiger partial charge >= 0.3 is 0 Å². The molecule has 5 atom stereocenters. The lowest BCUT2D eigenvalue weighted by Crippen LogP contribution is -2.39. The molecule has 0 aliphatic carbocycles. The van der Waals surface area contributed by atoms with Gasteiger partial charge in [-0.3, -0.25) is 0 Å². The maximum absolute atomic E-state index is 6.68. The van der Waals surface area contributed by atoms with E-state index < -0.39 is 7.92 Å². The van der Waals surface area contributed by atoms with E-state index in [1.165, 1.54) is 16.4 Å². The monoisotopic (exact) mass is 359 g/mol. The lowest BCUT2D eigenvalue weighted by atomic mass is 9.89. The van der Waals surface area contributed by atoms with E-state index in [2.05, 4.69) is 97.9 Å². The fourth-order valence-electron chi connectivity index (χ4n) is 4.29. The minimum atomic E-state index is -0.392. The number of benzene rings is 3. The number of hydrogen-bond acceptors (Lipinski definition) is 1. The Morgan fingerprint density at radius 3 is 1.81 bits per heavy atom. The summed E-state index contributed by atoms with van der Waals surface area (Å²) in [6.07, 6.45) is 1.06. The predicted molar refractivity (Wildman–Crippen MR) is 113 cm³/mol. The minimum Gasteiger partial charge on any atom is -0.327 e. The van der Waals surface area contributed by atoms with Crippen LogP contribution in [0.2, 0.25) is 0 Å². The third-order valence-electron chi connectivity index (χ3n) is 5.68. The highest BCUT2D eigenvalue weighted by molar-refractivity contribution is 7.66. The van der Waals surface area contributed by atoms with E-state index >= 15 is 0 Å². The van der Waals surface area contributed by atoms with E-state index in [-0.39, 0.29) is 6.04 Å². The van der Waals surface area contributed by atoms with Gasteiger partial charge in [-0.2, -0.15) is 0 Å². The summed E-state index contributed by atoms with van der Waals surface area (Å²) in [5.41, 5.74) is 10.5. The van der Waals surface area contributed by atoms with Crippen molar-refractivity contribution in [2.24, 2.45) is 11.7 Å². The zero-order valence-electron chi connectivity index (χ0n) is 15.2. The Hall–Kier alpha value is -1.95. The highest BCUT2D eigenvalue weighted by atomic mass is 31.1. The molecule has 2 heteroatoms. The SMILES string of the molecule is C[C@@H]1C(N)C[C@H](c2ccccc2)P(c2ccccc2)[C@@H]1c1ccccc1. The molecule has 3 aromatic carbocycles. The molecule has 4 rings (SSSR count). The van der Waals surface area contributed by atoms with Crippen molar-refractivity contribution in [1.82, 2.24) is 0 Å². The molecule has 26 heavy (non-hydrogen) atoms. The zero-order valence-corrected chi connectivity index (χ0v) is 16.1. The van der Waals surface area contributed by atoms with Gasteiger partial charge in [0.1, 0.15) is 0 Å². The smallest absolute Gasteiger partial charge is 0.0128 e. The van der Waals surface area contributed by atoms with E-state index in [0.29, 0.717) is 17.2 Å². The summed E-state index contributed by atoms with van der Waals surface area (Å²) < 4.78 is 0. The topological polar surface area (TPSA) is 26.0 Å². The molecule has 132 valence electrons. The Balaban J connectivity index is 1.86. The molecule has 0 saturated carbocycles. The molecule has 2 unspecified atom stereocenters. The third kappa shape index (κ3) is 3.34. The van der Waals surface area contributed by atoms with Gasteiger partial charge in [0.25, 0.3) is 0 Å². The molecule has 0 bridgehead atoms. The van der Waals surface area contributed by atoms with Gasteiger partial charge in [0.05, 0.1) is 0 Å². The Kier molecular flexibility index (Phi) is 5.20. The summed E-state index contributed by atoms with van der Waals surface area (Å²) in [7, 11) is -0.392. The molecule has 3 aromatic rings. The van der Waals surface area contributed by atoms with Gasteiger partial charge in [0.2, 0.25) is 0 Å². The molecule has 1 fully saturated rings. The Morgan fingerprint density at radius 1 is 0.731 bits per heavy atom. The van der Waals surface area contributed by atoms with Crippen molar-refractivity contribution in [1.29, 1.82) is 0 Å². The average molecular weight is 359 g/mol. The Bertz CT molecular complexity index is 819. The van der Waals surface area contributed by atoms with Crippen LogP contribution in [0.25, 0.3) is 0 Å². The van der Waals surface area contributed by atoms with Crippen molar-refractivity contribution in [2.45, 2.75) is 30.7 Å². The van der Waals surface area contributed by atoms with Crippen LogP contribution in [0.15, 0.2) is 91.0 Å². The highest BCUT2D eigenvalue weighted by Crippen LogP contribution is 2.68. The predicted octanol–water partition coefficient (Wildman–Crippen LogP) is 5.64. The van der Waals surface area contributed by atoms with E-state index in [1.807, 2.05) is 0 Å². The van der Waals surface area contributed by atoms with Gasteiger partial charge in [-0.25, -0.2) is 0 Å². The molecule has 1 nitrogen and oxygen atoms in total. The summed E-state index contributed by atoms with van der Waals surface area (Å²) in [5, 5.41) is 1.49.